The smallest absolute Gasteiger partial charge is 0.269 e. The molecule has 1 heterocycles. The SMILES string of the molecule is CCn1c2ccc(N=Nc3ccc(N=Nc4ccc(N=Nc5ccc([N+](=O)[O-])cc5)cc4)cc3)cc2c2cc(N=Nc3ccc(N=Nc4ccc(N=Nc5ccc([N+](=O)[O-])cc5)cc4)cc3)ccc21. The summed E-state index contributed by atoms with van der Waals surface area (Å²) in [5.41, 5.74) is 9.56. The maximum atomic E-state index is 10.9. The molecule has 0 aliphatic heterocycles. The van der Waals surface area contributed by atoms with E-state index >= 15 is 0 Å². The Balaban J connectivity index is 0.811. The first-order chi connectivity index (χ1) is 33.7. The summed E-state index contributed by atoms with van der Waals surface area (Å²) in [5.74, 6) is 0. The molecule has 0 fully saturated rings. The third kappa shape index (κ3) is 11.1. The molecular weight excluding hydrogens is 875 g/mol. The Morgan fingerprint density at radius 3 is 0.710 bits per heavy atom. The van der Waals surface area contributed by atoms with Crippen LogP contribution in [0.1, 0.15) is 6.92 Å². The number of fused-ring (bicyclic) bond motifs is 3. The van der Waals surface area contributed by atoms with Gasteiger partial charge in [0.15, 0.2) is 0 Å². The Morgan fingerprint density at radius 2 is 0.507 bits per heavy atom. The molecule has 0 amide bonds. The van der Waals surface area contributed by atoms with Gasteiger partial charge in [0.05, 0.1) is 78.1 Å². The highest BCUT2D eigenvalue weighted by Crippen LogP contribution is 2.36. The molecule has 0 saturated heterocycles. The molecule has 0 aliphatic rings. The molecule has 1 aromatic heterocycles. The number of hydrogen-bond acceptors (Lipinski definition) is 16. The zero-order chi connectivity index (χ0) is 47.5. The lowest BCUT2D eigenvalue weighted by Crippen LogP contribution is -1.92. The summed E-state index contributed by atoms with van der Waals surface area (Å²) in [5, 5.41) is 75.7. The number of non-ortho nitro benzene ring substituents is 2. The minimum atomic E-state index is -0.464. The Kier molecular flexibility index (Phi) is 13.1. The number of nitrogens with zero attached hydrogens (tertiary/aromatic N) is 15. The molecular formula is C50H35N15O4. The highest BCUT2D eigenvalue weighted by molar-refractivity contribution is 6.09. The molecule has 0 atom stereocenters. The predicted molar refractivity (Wildman–Crippen MR) is 262 cm³/mol. The summed E-state index contributed by atoms with van der Waals surface area (Å²) in [6, 6.07) is 52.3. The van der Waals surface area contributed by atoms with Gasteiger partial charge >= 0.3 is 0 Å². The molecule has 0 radical (unpaired) electrons. The third-order valence-electron chi connectivity index (χ3n) is 10.4. The number of azo groups is 6. The van der Waals surface area contributed by atoms with Crippen LogP contribution in [0.5, 0.6) is 0 Å². The van der Waals surface area contributed by atoms with Gasteiger partial charge in [0, 0.05) is 52.6 Å². The van der Waals surface area contributed by atoms with Crippen molar-refractivity contribution in [3.05, 3.63) is 202 Å². The van der Waals surface area contributed by atoms with Gasteiger partial charge in [-0.05, 0) is 165 Å². The average Bonchev–Trinajstić information content (AvgIpc) is 3.70. The Hall–Kier alpha value is -10.0. The first kappa shape index (κ1) is 44.2. The molecule has 0 bridgehead atoms. The summed E-state index contributed by atoms with van der Waals surface area (Å²) >= 11 is 0. The van der Waals surface area contributed by atoms with Crippen molar-refractivity contribution in [3.63, 3.8) is 0 Å². The fourth-order valence-electron chi connectivity index (χ4n) is 6.86. The fraction of sp³-hybridized carbons (Fsp3) is 0.0400. The van der Waals surface area contributed by atoms with Crippen molar-refractivity contribution in [2.24, 2.45) is 61.4 Å². The van der Waals surface area contributed by atoms with Crippen LogP contribution in [0.4, 0.5) is 79.6 Å². The largest absolute Gasteiger partial charge is 0.341 e. The maximum absolute atomic E-state index is 10.9. The van der Waals surface area contributed by atoms with Gasteiger partial charge in [-0.3, -0.25) is 20.2 Å². The van der Waals surface area contributed by atoms with Crippen molar-refractivity contribution < 1.29 is 9.85 Å². The van der Waals surface area contributed by atoms with E-state index in [0.717, 1.165) is 28.4 Å². The number of nitro benzene ring substituents is 2. The van der Waals surface area contributed by atoms with Crippen LogP contribution < -0.4 is 0 Å². The lowest BCUT2D eigenvalue weighted by molar-refractivity contribution is -0.385. The number of rotatable bonds is 15. The second kappa shape index (κ2) is 20.4. The van der Waals surface area contributed by atoms with E-state index in [-0.39, 0.29) is 11.4 Å². The molecule has 9 rings (SSSR count). The van der Waals surface area contributed by atoms with Gasteiger partial charge in [0.1, 0.15) is 0 Å². The van der Waals surface area contributed by atoms with Gasteiger partial charge in [-0.25, -0.2) is 0 Å². The zero-order valence-electron chi connectivity index (χ0n) is 36.4. The summed E-state index contributed by atoms with van der Waals surface area (Å²) in [6.07, 6.45) is 0. The van der Waals surface area contributed by atoms with Crippen molar-refractivity contribution >= 4 is 101 Å². The first-order valence-electron chi connectivity index (χ1n) is 21.2. The number of benzene rings is 8. The second-order valence-corrected chi connectivity index (χ2v) is 15.0. The van der Waals surface area contributed by atoms with E-state index in [1.807, 2.05) is 72.8 Å². The lowest BCUT2D eigenvalue weighted by atomic mass is 10.1. The molecule has 0 N–H and O–H groups in total. The maximum Gasteiger partial charge on any atom is 0.269 e. The second-order valence-electron chi connectivity index (χ2n) is 15.0. The van der Waals surface area contributed by atoms with E-state index in [9.17, 15) is 20.2 Å². The van der Waals surface area contributed by atoms with Crippen LogP contribution >= 0.6 is 0 Å². The molecule has 19 heteroatoms. The van der Waals surface area contributed by atoms with E-state index < -0.39 is 9.85 Å². The van der Waals surface area contributed by atoms with Crippen LogP contribution in [0.2, 0.25) is 0 Å². The Morgan fingerprint density at radius 1 is 0.319 bits per heavy atom. The molecule has 19 nitrogen and oxygen atoms in total. The molecule has 8 aromatic carbocycles. The van der Waals surface area contributed by atoms with Crippen molar-refractivity contribution in [1.29, 1.82) is 0 Å². The molecule has 334 valence electrons. The lowest BCUT2D eigenvalue weighted by Gasteiger charge is -2.03. The van der Waals surface area contributed by atoms with Gasteiger partial charge in [-0.1, -0.05) is 0 Å². The predicted octanol–water partition coefficient (Wildman–Crippen LogP) is 18.1. The highest BCUT2D eigenvalue weighted by atomic mass is 16.6. The van der Waals surface area contributed by atoms with Gasteiger partial charge < -0.3 is 4.57 Å². The van der Waals surface area contributed by atoms with Gasteiger partial charge in [-0.2, -0.15) is 61.4 Å². The number of aryl methyl sites for hydroxylation is 1. The van der Waals surface area contributed by atoms with Crippen LogP contribution in [0.25, 0.3) is 21.8 Å². The summed E-state index contributed by atoms with van der Waals surface area (Å²) in [4.78, 5) is 20.8. The molecule has 69 heavy (non-hydrogen) atoms. The highest BCUT2D eigenvalue weighted by Gasteiger charge is 2.12. The van der Waals surface area contributed by atoms with E-state index in [2.05, 4.69) is 85.0 Å². The van der Waals surface area contributed by atoms with Crippen molar-refractivity contribution in [2.45, 2.75) is 13.5 Å². The minimum Gasteiger partial charge on any atom is -0.341 e. The Bertz CT molecular complexity index is 3270. The van der Waals surface area contributed by atoms with E-state index in [4.69, 9.17) is 0 Å². The normalized spacial score (nSPS) is 12.1. The van der Waals surface area contributed by atoms with Crippen molar-refractivity contribution in [2.75, 3.05) is 0 Å². The average molecular weight is 910 g/mol. The topological polar surface area (TPSA) is 240 Å². The Labute approximate surface area is 391 Å². The minimum absolute atomic E-state index is 0.00998. The van der Waals surface area contributed by atoms with Crippen molar-refractivity contribution in [1.82, 2.24) is 4.57 Å². The molecule has 9 aromatic rings. The molecule has 0 aliphatic carbocycles. The third-order valence-corrected chi connectivity index (χ3v) is 10.4. The number of nitro groups is 2. The standard InChI is InChI=1S/C50H35N15O4/c1-2-63-49-29-23-43(61-59-39-15-11-35(12-16-39)53-51-33-3-7-37(8-4-33)55-57-41-19-25-45(26-20-41)64(66)67)31-47(49)48-32-44(24-30-50(48)63)62-60-40-17-13-36(14-18-40)54-52-34-5-9-38(10-6-34)56-58-42-21-27-46(28-22-42)65(68)69/h3-32H,2H2,1H3. The summed E-state index contributed by atoms with van der Waals surface area (Å²) < 4.78 is 2.25. The van der Waals surface area contributed by atoms with E-state index in [1.165, 1.54) is 48.5 Å². The monoisotopic (exact) mass is 909 g/mol. The van der Waals surface area contributed by atoms with E-state index in [0.29, 0.717) is 68.2 Å². The van der Waals surface area contributed by atoms with Crippen LogP contribution in [-0.4, -0.2) is 14.4 Å². The summed E-state index contributed by atoms with van der Waals surface area (Å²) in [7, 11) is 0. The first-order valence-corrected chi connectivity index (χ1v) is 21.2. The number of aromatic nitrogens is 1. The van der Waals surface area contributed by atoms with E-state index in [1.54, 1.807) is 48.5 Å². The van der Waals surface area contributed by atoms with Crippen LogP contribution in [-0.2, 0) is 6.54 Å². The quantitative estimate of drug-likeness (QED) is 0.0553. The van der Waals surface area contributed by atoms with Crippen LogP contribution in [0.3, 0.4) is 0 Å². The zero-order valence-corrected chi connectivity index (χ0v) is 36.4. The fourth-order valence-corrected chi connectivity index (χ4v) is 6.86. The van der Waals surface area contributed by atoms with Crippen molar-refractivity contribution in [3.8, 4) is 0 Å². The van der Waals surface area contributed by atoms with Crippen LogP contribution in [0, 0.1) is 20.2 Å². The number of hydrogen-bond donors (Lipinski definition) is 0. The summed E-state index contributed by atoms with van der Waals surface area (Å²) in [6.45, 7) is 2.89. The molecule has 0 spiro atoms. The van der Waals surface area contributed by atoms with Crippen LogP contribution in [0.15, 0.2) is 243 Å². The molecule has 0 saturated carbocycles. The van der Waals surface area contributed by atoms with Gasteiger partial charge in [0.25, 0.3) is 11.4 Å². The molecule has 0 unspecified atom stereocenters. The van der Waals surface area contributed by atoms with Gasteiger partial charge in [0.2, 0.25) is 0 Å². The van der Waals surface area contributed by atoms with Gasteiger partial charge in [-0.15, -0.1) is 0 Å².